The van der Waals surface area contributed by atoms with Gasteiger partial charge in [-0.15, -0.1) is 0 Å². The maximum Gasteiger partial charge on any atom is 0.319 e. The number of rotatable bonds is 8. The van der Waals surface area contributed by atoms with Crippen molar-refractivity contribution in [2.45, 2.75) is 92.9 Å². The molecule has 0 aliphatic carbocycles. The zero-order chi connectivity index (χ0) is 21.8. The molecule has 0 aromatic rings. The van der Waals surface area contributed by atoms with Gasteiger partial charge in [0.1, 0.15) is 0 Å². The maximum absolute atomic E-state index is 7.56. The second kappa shape index (κ2) is 25.6. The fourth-order valence-corrected chi connectivity index (χ4v) is 1.51. The van der Waals surface area contributed by atoms with Crippen LogP contribution in [0.3, 0.4) is 0 Å². The predicted octanol–water partition coefficient (Wildman–Crippen LogP) is 4.82. The Balaban J connectivity index is -0.0000000807. The molecule has 0 bridgehead atoms. The Morgan fingerprint density at radius 2 is 0.815 bits per heavy atom. The van der Waals surface area contributed by atoms with E-state index >= 15 is 0 Å². The van der Waals surface area contributed by atoms with E-state index in [4.69, 9.17) is 29.4 Å². The molecule has 0 aliphatic rings. The van der Waals surface area contributed by atoms with Crippen molar-refractivity contribution in [2.75, 3.05) is 0 Å². The number of unbranched alkanes of at least 4 members (excludes halogenated alkanes) is 2. The van der Waals surface area contributed by atoms with Crippen LogP contribution in [0.2, 0.25) is 0 Å². The average Bonchev–Trinajstić information content (AvgIpc) is 2.47. The van der Waals surface area contributed by atoms with Gasteiger partial charge in [0.2, 0.25) is 0 Å². The third-order valence-corrected chi connectivity index (χ3v) is 3.49. The third-order valence-electron chi connectivity index (χ3n) is 3.49. The molecule has 2 atom stereocenters. The van der Waals surface area contributed by atoms with Gasteiger partial charge in [0, 0.05) is 17.1 Å². The summed E-state index contributed by atoms with van der Waals surface area (Å²) in [6.07, 6.45) is 11.1. The van der Waals surface area contributed by atoms with Crippen LogP contribution in [0.4, 0.5) is 0 Å². The van der Waals surface area contributed by atoms with E-state index in [1.54, 1.807) is 0 Å². The Morgan fingerprint density at radius 3 is 0.926 bits per heavy atom. The summed E-state index contributed by atoms with van der Waals surface area (Å²) < 4.78 is 0. The summed E-state index contributed by atoms with van der Waals surface area (Å²) in [7, 11) is 0. The number of hydrogen-bond donors (Lipinski definition) is 6. The van der Waals surface area contributed by atoms with E-state index in [9.17, 15) is 0 Å². The molecule has 0 fully saturated rings. The second-order valence-corrected chi connectivity index (χ2v) is 11.3. The van der Waals surface area contributed by atoms with E-state index in [1.165, 1.54) is 51.4 Å². The predicted molar refractivity (Wildman–Crippen MR) is 120 cm³/mol. The monoisotopic (exact) mass is 512 g/mol. The molecule has 27 heavy (non-hydrogen) atoms. The summed E-state index contributed by atoms with van der Waals surface area (Å²) in [4.78, 5) is 45.3. The van der Waals surface area contributed by atoms with E-state index in [0.29, 0.717) is 0 Å². The zero-order valence-corrected chi connectivity index (χ0v) is 22.1. The molecule has 0 heterocycles. The van der Waals surface area contributed by atoms with Gasteiger partial charge in [0.25, 0.3) is 0 Å². The molecule has 0 amide bonds. The molecule has 11 heteroatoms. The van der Waals surface area contributed by atoms with E-state index < -0.39 is 13.4 Å². The molecule has 6 N–H and O–H groups in total. The standard InChI is InChI=1S/2C8H18.Fe.2H3O3PS/c2*1-4-6-7-8(3)5-2;;2*1-4(2,3)5/h2*8H,4-7H2,1-3H3;;2*(H3,1,2,3,5). The van der Waals surface area contributed by atoms with E-state index in [0.717, 1.165) is 11.8 Å². The van der Waals surface area contributed by atoms with Crippen molar-refractivity contribution in [2.24, 2.45) is 11.8 Å². The van der Waals surface area contributed by atoms with Crippen molar-refractivity contribution < 1.29 is 46.4 Å². The minimum Gasteiger partial charge on any atom is -0.325 e. The quantitative estimate of drug-likeness (QED) is 0.202. The molecule has 6 nitrogen and oxygen atoms in total. The van der Waals surface area contributed by atoms with Gasteiger partial charge in [-0.05, 0) is 35.4 Å². The first-order chi connectivity index (χ1) is 11.6. The van der Waals surface area contributed by atoms with E-state index in [-0.39, 0.29) is 17.1 Å². The Kier molecular flexibility index (Phi) is 37.1. The fourth-order valence-electron chi connectivity index (χ4n) is 1.51. The zero-order valence-electron chi connectivity index (χ0n) is 17.6. The van der Waals surface area contributed by atoms with Crippen LogP contribution in [0, 0.1) is 11.8 Å². The van der Waals surface area contributed by atoms with Crippen molar-refractivity contribution in [1.29, 1.82) is 0 Å². The van der Waals surface area contributed by atoms with Crippen LogP contribution in [0.15, 0.2) is 0 Å². The van der Waals surface area contributed by atoms with Gasteiger partial charge in [-0.3, -0.25) is 0 Å². The minimum atomic E-state index is -3.81. The smallest absolute Gasteiger partial charge is 0.319 e. The SMILES string of the molecule is CCCCC(C)CC.CCCCC(C)CC.OP(O)(O)=S.OP(O)(O)=S.[Fe]. The van der Waals surface area contributed by atoms with Crippen LogP contribution >= 0.6 is 13.4 Å². The molecule has 0 rings (SSSR count). The molecule has 172 valence electrons. The molecule has 0 saturated heterocycles. The minimum absolute atomic E-state index is 0. The van der Waals surface area contributed by atoms with Crippen molar-refractivity contribution >= 4 is 37.1 Å². The summed E-state index contributed by atoms with van der Waals surface area (Å²) in [6.45, 7) is 6.08. The Bertz CT molecular complexity index is 316. The van der Waals surface area contributed by atoms with Gasteiger partial charge in [-0.1, -0.05) is 92.9 Å². The van der Waals surface area contributed by atoms with Gasteiger partial charge in [-0.25, -0.2) is 0 Å². The molecular weight excluding hydrogens is 470 g/mol. The molecule has 0 spiro atoms. The van der Waals surface area contributed by atoms with Gasteiger partial charge in [-0.2, -0.15) is 0 Å². The first-order valence-electron chi connectivity index (χ1n) is 9.18. The third kappa shape index (κ3) is 97.9. The molecule has 2 unspecified atom stereocenters. The molecule has 0 aromatic heterocycles. The molecule has 0 aliphatic heterocycles. The number of hydrogen-bond acceptors (Lipinski definition) is 2. The summed E-state index contributed by atoms with van der Waals surface area (Å²) in [5.41, 5.74) is 0. The van der Waals surface area contributed by atoms with Crippen molar-refractivity contribution in [3.05, 3.63) is 0 Å². The van der Waals surface area contributed by atoms with Gasteiger partial charge >= 0.3 is 13.4 Å². The van der Waals surface area contributed by atoms with Gasteiger partial charge in [0.15, 0.2) is 0 Å². The van der Waals surface area contributed by atoms with Crippen LogP contribution in [-0.2, 0) is 40.7 Å². The van der Waals surface area contributed by atoms with E-state index in [2.05, 4.69) is 65.2 Å². The normalized spacial score (nSPS) is 12.6. The van der Waals surface area contributed by atoms with Crippen molar-refractivity contribution in [1.82, 2.24) is 0 Å². The van der Waals surface area contributed by atoms with E-state index in [1.807, 2.05) is 0 Å². The molecule has 0 aromatic carbocycles. The Labute approximate surface area is 187 Å². The van der Waals surface area contributed by atoms with Gasteiger partial charge < -0.3 is 29.4 Å². The Hall–Kier alpha value is 1.58. The molecular formula is C16H42FeO6P2S2. The van der Waals surface area contributed by atoms with Crippen LogP contribution in [-0.4, -0.2) is 29.4 Å². The fraction of sp³-hybridized carbons (Fsp3) is 1.00. The first-order valence-corrected chi connectivity index (χ1v) is 14.5. The molecule has 0 radical (unpaired) electrons. The van der Waals surface area contributed by atoms with Crippen LogP contribution in [0.25, 0.3) is 0 Å². The van der Waals surface area contributed by atoms with Crippen molar-refractivity contribution in [3.8, 4) is 0 Å². The Morgan fingerprint density at radius 1 is 0.630 bits per heavy atom. The summed E-state index contributed by atoms with van der Waals surface area (Å²) in [5, 5.41) is 0. The first kappa shape index (κ1) is 39.1. The average molecular weight is 512 g/mol. The van der Waals surface area contributed by atoms with Crippen LogP contribution in [0.1, 0.15) is 92.9 Å². The second-order valence-electron chi connectivity index (χ2n) is 6.34. The summed E-state index contributed by atoms with van der Waals surface area (Å²) >= 11 is 7.21. The largest absolute Gasteiger partial charge is 0.325 e. The van der Waals surface area contributed by atoms with Crippen LogP contribution < -0.4 is 0 Å². The van der Waals surface area contributed by atoms with Crippen LogP contribution in [0.5, 0.6) is 0 Å². The summed E-state index contributed by atoms with van der Waals surface area (Å²) in [5.74, 6) is 1.91. The van der Waals surface area contributed by atoms with Crippen molar-refractivity contribution in [3.63, 3.8) is 0 Å². The van der Waals surface area contributed by atoms with Gasteiger partial charge in [0.05, 0.1) is 0 Å². The molecule has 0 saturated carbocycles. The summed E-state index contributed by atoms with van der Waals surface area (Å²) in [6, 6.07) is 0. The maximum atomic E-state index is 7.56. The topological polar surface area (TPSA) is 121 Å².